The van der Waals surface area contributed by atoms with Crippen molar-refractivity contribution in [1.29, 1.82) is 0 Å². The van der Waals surface area contributed by atoms with Gasteiger partial charge in [-0.3, -0.25) is 0 Å². The van der Waals surface area contributed by atoms with E-state index in [1.165, 1.54) is 10.8 Å². The Bertz CT molecular complexity index is 591. The third kappa shape index (κ3) is 4.78. The molecule has 0 saturated carbocycles. The summed E-state index contributed by atoms with van der Waals surface area (Å²) in [6.45, 7) is -1.46. The topological polar surface area (TPSA) is 58.2 Å². The zero-order valence-electron chi connectivity index (χ0n) is 10.2. The average Bonchev–Trinajstić information content (AvgIpc) is 2.30. The second-order valence-corrected chi connectivity index (χ2v) is 6.40. The van der Waals surface area contributed by atoms with Crippen LogP contribution in [0.3, 0.4) is 0 Å². The number of sulfonamides is 1. The van der Waals surface area contributed by atoms with E-state index in [1.54, 1.807) is 7.05 Å². The molecule has 0 aliphatic rings. The highest BCUT2D eigenvalue weighted by molar-refractivity contribution is 7.89. The number of halogens is 5. The number of nitrogens with one attached hydrogen (secondary N) is 2. The fourth-order valence-corrected chi connectivity index (χ4v) is 3.33. The highest BCUT2D eigenvalue weighted by atomic mass is 35.5. The van der Waals surface area contributed by atoms with Crippen molar-refractivity contribution in [1.82, 2.24) is 10.0 Å². The van der Waals surface area contributed by atoms with Gasteiger partial charge in [-0.25, -0.2) is 13.1 Å². The summed E-state index contributed by atoms with van der Waals surface area (Å²) in [5, 5.41) is 2.64. The minimum absolute atomic E-state index is 0.0621. The van der Waals surface area contributed by atoms with Gasteiger partial charge < -0.3 is 5.32 Å². The second-order valence-electron chi connectivity index (χ2n) is 3.85. The molecule has 0 aliphatic carbocycles. The lowest BCUT2D eigenvalue weighted by atomic mass is 10.2. The first-order valence-corrected chi connectivity index (χ1v) is 7.49. The van der Waals surface area contributed by atoms with Crippen molar-refractivity contribution in [2.75, 3.05) is 13.6 Å². The highest BCUT2D eigenvalue weighted by Crippen LogP contribution is 2.29. The third-order valence-electron chi connectivity index (χ3n) is 2.20. The smallest absolute Gasteiger partial charge is 0.316 e. The maximum Gasteiger partial charge on any atom is 0.402 e. The first kappa shape index (κ1) is 17.5. The molecule has 0 aliphatic heterocycles. The van der Waals surface area contributed by atoms with Gasteiger partial charge in [0, 0.05) is 11.6 Å². The summed E-state index contributed by atoms with van der Waals surface area (Å²) in [5.74, 6) is 0. The Morgan fingerprint density at radius 2 is 1.85 bits per heavy atom. The first-order chi connectivity index (χ1) is 9.07. The molecule has 0 bridgehead atoms. The number of alkyl halides is 3. The Morgan fingerprint density at radius 3 is 2.35 bits per heavy atom. The van der Waals surface area contributed by atoms with Crippen molar-refractivity contribution in [2.45, 2.75) is 17.6 Å². The van der Waals surface area contributed by atoms with Crippen molar-refractivity contribution in [3.63, 3.8) is 0 Å². The Morgan fingerprint density at radius 1 is 1.25 bits per heavy atom. The largest absolute Gasteiger partial charge is 0.402 e. The van der Waals surface area contributed by atoms with E-state index in [1.807, 2.05) is 0 Å². The van der Waals surface area contributed by atoms with Gasteiger partial charge in [0.05, 0.1) is 5.02 Å². The van der Waals surface area contributed by atoms with Gasteiger partial charge in [-0.05, 0) is 24.7 Å². The van der Waals surface area contributed by atoms with Gasteiger partial charge in [-0.2, -0.15) is 13.2 Å². The van der Waals surface area contributed by atoms with Crippen molar-refractivity contribution in [3.8, 4) is 0 Å². The molecule has 2 N–H and O–H groups in total. The van der Waals surface area contributed by atoms with Crippen LogP contribution in [0.25, 0.3) is 0 Å². The van der Waals surface area contributed by atoms with Crippen LogP contribution in [-0.2, 0) is 16.6 Å². The molecule has 20 heavy (non-hydrogen) atoms. The maximum absolute atomic E-state index is 12.1. The predicted molar refractivity (Wildman–Crippen MR) is 70.5 cm³/mol. The van der Waals surface area contributed by atoms with E-state index in [0.29, 0.717) is 5.56 Å². The van der Waals surface area contributed by atoms with Crippen LogP contribution in [0.2, 0.25) is 10.0 Å². The lowest BCUT2D eigenvalue weighted by Gasteiger charge is -2.13. The number of hydrogen-bond donors (Lipinski definition) is 2. The van der Waals surface area contributed by atoms with Crippen LogP contribution in [0.4, 0.5) is 13.2 Å². The van der Waals surface area contributed by atoms with Crippen molar-refractivity contribution in [2.24, 2.45) is 0 Å². The van der Waals surface area contributed by atoms with Gasteiger partial charge in [0.1, 0.15) is 11.4 Å². The van der Waals surface area contributed by atoms with Gasteiger partial charge in [0.2, 0.25) is 10.0 Å². The maximum atomic E-state index is 12.1. The van der Waals surface area contributed by atoms with E-state index in [-0.39, 0.29) is 16.6 Å². The Labute approximate surface area is 124 Å². The fourth-order valence-electron chi connectivity index (χ4n) is 1.39. The second kappa shape index (κ2) is 6.48. The molecule has 0 atom stereocenters. The summed E-state index contributed by atoms with van der Waals surface area (Å²) in [4.78, 5) is -0.485. The summed E-state index contributed by atoms with van der Waals surface area (Å²) < 4.78 is 61.4. The number of hydrogen-bond acceptors (Lipinski definition) is 3. The van der Waals surface area contributed by atoms with Crippen LogP contribution >= 0.6 is 23.2 Å². The molecule has 10 heteroatoms. The summed E-state index contributed by atoms with van der Waals surface area (Å²) in [5.41, 5.74) is 0.369. The molecule has 0 fully saturated rings. The van der Waals surface area contributed by atoms with E-state index in [0.717, 1.165) is 6.07 Å². The first-order valence-electron chi connectivity index (χ1n) is 5.26. The third-order valence-corrected chi connectivity index (χ3v) is 4.40. The molecule has 1 rings (SSSR count). The van der Waals surface area contributed by atoms with Gasteiger partial charge in [0.25, 0.3) is 0 Å². The van der Waals surface area contributed by atoms with Gasteiger partial charge >= 0.3 is 6.18 Å². The molecule has 0 aromatic heterocycles. The van der Waals surface area contributed by atoms with Crippen LogP contribution < -0.4 is 10.0 Å². The number of rotatable bonds is 5. The minimum atomic E-state index is -4.66. The molecule has 0 heterocycles. The Kier molecular flexibility index (Phi) is 5.68. The zero-order chi connectivity index (χ0) is 15.6. The fraction of sp³-hybridized carbons (Fsp3) is 0.400. The van der Waals surface area contributed by atoms with Crippen molar-refractivity contribution in [3.05, 3.63) is 27.7 Å². The molecule has 0 amide bonds. The van der Waals surface area contributed by atoms with Gasteiger partial charge in [-0.15, -0.1) is 0 Å². The van der Waals surface area contributed by atoms with Crippen molar-refractivity contribution >= 4 is 33.2 Å². The van der Waals surface area contributed by atoms with Crippen molar-refractivity contribution < 1.29 is 21.6 Å². The molecular formula is C10H11Cl2F3N2O2S. The molecule has 0 saturated heterocycles. The Hall–Kier alpha value is -0.540. The van der Waals surface area contributed by atoms with Crippen LogP contribution in [-0.4, -0.2) is 28.2 Å². The van der Waals surface area contributed by atoms with E-state index in [9.17, 15) is 21.6 Å². The summed E-state index contributed by atoms with van der Waals surface area (Å²) >= 11 is 11.6. The summed E-state index contributed by atoms with van der Waals surface area (Å²) in [7, 11) is -2.80. The van der Waals surface area contributed by atoms with Crippen LogP contribution in [0, 0.1) is 0 Å². The molecule has 0 spiro atoms. The molecule has 1 aromatic rings. The Balaban J connectivity index is 3.18. The molecule has 114 valence electrons. The van der Waals surface area contributed by atoms with E-state index in [4.69, 9.17) is 23.2 Å². The van der Waals surface area contributed by atoms with Crippen LogP contribution in [0.1, 0.15) is 5.56 Å². The van der Waals surface area contributed by atoms with E-state index in [2.05, 4.69) is 5.32 Å². The normalized spacial score (nSPS) is 12.7. The summed E-state index contributed by atoms with van der Waals surface area (Å²) in [6, 6.07) is 2.44. The van der Waals surface area contributed by atoms with E-state index < -0.39 is 27.6 Å². The van der Waals surface area contributed by atoms with E-state index >= 15 is 0 Å². The average molecular weight is 351 g/mol. The quantitative estimate of drug-likeness (QED) is 0.857. The molecule has 4 nitrogen and oxygen atoms in total. The highest BCUT2D eigenvalue weighted by Gasteiger charge is 2.31. The number of benzene rings is 1. The zero-order valence-corrected chi connectivity index (χ0v) is 12.5. The van der Waals surface area contributed by atoms with Gasteiger partial charge in [0.15, 0.2) is 0 Å². The lowest BCUT2D eigenvalue weighted by molar-refractivity contribution is -0.121. The monoisotopic (exact) mass is 350 g/mol. The van der Waals surface area contributed by atoms with Crippen LogP contribution in [0.15, 0.2) is 17.0 Å². The molecule has 1 aromatic carbocycles. The minimum Gasteiger partial charge on any atom is -0.316 e. The molecular weight excluding hydrogens is 340 g/mol. The van der Waals surface area contributed by atoms with Crippen LogP contribution in [0.5, 0.6) is 0 Å². The standard InChI is InChI=1S/C10H11Cl2F3N2O2S/c1-16-4-6-2-7(11)3-8(9(6)12)20(18,19)17-5-10(13,14)15/h2-3,16-17H,4-5H2,1H3. The lowest BCUT2D eigenvalue weighted by Crippen LogP contribution is -2.34. The predicted octanol–water partition coefficient (Wildman–Crippen LogP) is 2.55. The SMILES string of the molecule is CNCc1cc(Cl)cc(S(=O)(=O)NCC(F)(F)F)c1Cl. The van der Waals surface area contributed by atoms with Gasteiger partial charge in [-0.1, -0.05) is 23.2 Å². The summed E-state index contributed by atoms with van der Waals surface area (Å²) in [6.07, 6.45) is -4.66. The molecule has 0 unspecified atom stereocenters. The molecule has 0 radical (unpaired) electrons.